The van der Waals surface area contributed by atoms with Crippen LogP contribution in [0.25, 0.3) is 0 Å². The standard InChI is InChI=1S/C9H14O2/c1-7-5-3-4-6-9(7,11)8(2)10/h3,5,7,11H,4,6H2,1-2H3/t7-,9-/m0/s1. The number of carbonyl (C=O) groups is 1. The molecule has 1 rings (SSSR count). The molecule has 0 aromatic heterocycles. The van der Waals surface area contributed by atoms with Crippen molar-refractivity contribution >= 4 is 5.78 Å². The van der Waals surface area contributed by atoms with E-state index in [0.29, 0.717) is 6.42 Å². The monoisotopic (exact) mass is 154 g/mol. The van der Waals surface area contributed by atoms with Crippen LogP contribution in [0.4, 0.5) is 0 Å². The van der Waals surface area contributed by atoms with E-state index in [1.54, 1.807) is 0 Å². The number of carbonyl (C=O) groups excluding carboxylic acids is 1. The third-order valence-corrected chi connectivity index (χ3v) is 2.48. The highest BCUT2D eigenvalue weighted by Crippen LogP contribution is 2.29. The molecule has 0 aromatic rings. The van der Waals surface area contributed by atoms with E-state index in [2.05, 4.69) is 0 Å². The smallest absolute Gasteiger partial charge is 0.161 e. The van der Waals surface area contributed by atoms with Gasteiger partial charge in [0.15, 0.2) is 5.78 Å². The van der Waals surface area contributed by atoms with Gasteiger partial charge in [-0.3, -0.25) is 4.79 Å². The van der Waals surface area contributed by atoms with Crippen molar-refractivity contribution in [1.29, 1.82) is 0 Å². The normalized spacial score (nSPS) is 37.2. The first-order chi connectivity index (χ1) is 5.07. The minimum atomic E-state index is -1.09. The first-order valence-corrected chi connectivity index (χ1v) is 3.97. The van der Waals surface area contributed by atoms with Crippen LogP contribution >= 0.6 is 0 Å². The Bertz CT molecular complexity index is 196. The zero-order valence-electron chi connectivity index (χ0n) is 7.00. The Kier molecular flexibility index (Phi) is 2.14. The van der Waals surface area contributed by atoms with Crippen LogP contribution in [-0.2, 0) is 4.79 Å². The molecule has 0 bridgehead atoms. The largest absolute Gasteiger partial charge is 0.381 e. The molecule has 0 spiro atoms. The molecule has 62 valence electrons. The van der Waals surface area contributed by atoms with Gasteiger partial charge in [-0.05, 0) is 19.8 Å². The van der Waals surface area contributed by atoms with Crippen LogP contribution in [0, 0.1) is 5.92 Å². The topological polar surface area (TPSA) is 37.3 Å². The van der Waals surface area contributed by atoms with E-state index in [1.165, 1.54) is 6.92 Å². The molecular formula is C9H14O2. The van der Waals surface area contributed by atoms with Crippen molar-refractivity contribution in [3.05, 3.63) is 12.2 Å². The summed E-state index contributed by atoms with van der Waals surface area (Å²) in [5.41, 5.74) is -1.09. The lowest BCUT2D eigenvalue weighted by molar-refractivity contribution is -0.139. The van der Waals surface area contributed by atoms with E-state index in [0.717, 1.165) is 6.42 Å². The maximum absolute atomic E-state index is 11.0. The molecule has 2 nitrogen and oxygen atoms in total. The maximum Gasteiger partial charge on any atom is 0.161 e. The fourth-order valence-corrected chi connectivity index (χ4v) is 1.49. The third-order valence-electron chi connectivity index (χ3n) is 2.48. The van der Waals surface area contributed by atoms with Gasteiger partial charge in [-0.25, -0.2) is 0 Å². The molecule has 0 radical (unpaired) electrons. The summed E-state index contributed by atoms with van der Waals surface area (Å²) in [7, 11) is 0. The van der Waals surface area contributed by atoms with Gasteiger partial charge in [-0.15, -0.1) is 0 Å². The van der Waals surface area contributed by atoms with E-state index in [9.17, 15) is 9.90 Å². The first kappa shape index (κ1) is 8.47. The molecule has 0 aromatic carbocycles. The Balaban J connectivity index is 2.85. The molecule has 0 amide bonds. The van der Waals surface area contributed by atoms with Crippen LogP contribution in [0.3, 0.4) is 0 Å². The van der Waals surface area contributed by atoms with E-state index < -0.39 is 5.60 Å². The summed E-state index contributed by atoms with van der Waals surface area (Å²) < 4.78 is 0. The van der Waals surface area contributed by atoms with Gasteiger partial charge in [0.2, 0.25) is 0 Å². The van der Waals surface area contributed by atoms with Crippen molar-refractivity contribution in [2.24, 2.45) is 5.92 Å². The first-order valence-electron chi connectivity index (χ1n) is 3.97. The number of hydrogen-bond acceptors (Lipinski definition) is 2. The zero-order valence-corrected chi connectivity index (χ0v) is 7.00. The Labute approximate surface area is 66.9 Å². The minimum Gasteiger partial charge on any atom is -0.381 e. The highest BCUT2D eigenvalue weighted by Gasteiger charge is 2.37. The number of Topliss-reactive ketones (excluding diaryl/α,β-unsaturated/α-hetero) is 1. The van der Waals surface area contributed by atoms with Crippen molar-refractivity contribution < 1.29 is 9.90 Å². The highest BCUT2D eigenvalue weighted by molar-refractivity contribution is 5.85. The summed E-state index contributed by atoms with van der Waals surface area (Å²) in [5.74, 6) is -0.150. The molecule has 0 aliphatic heterocycles. The lowest BCUT2D eigenvalue weighted by Gasteiger charge is -2.32. The molecule has 11 heavy (non-hydrogen) atoms. The molecule has 2 atom stereocenters. The molecule has 2 heteroatoms. The molecule has 1 N–H and O–H groups in total. The summed E-state index contributed by atoms with van der Waals surface area (Å²) in [6, 6.07) is 0. The van der Waals surface area contributed by atoms with Crippen LogP contribution in [0.1, 0.15) is 26.7 Å². The number of allylic oxidation sites excluding steroid dienone is 1. The predicted molar refractivity (Wildman–Crippen MR) is 43.2 cm³/mol. The van der Waals surface area contributed by atoms with Crippen molar-refractivity contribution in [2.75, 3.05) is 0 Å². The fourth-order valence-electron chi connectivity index (χ4n) is 1.49. The van der Waals surface area contributed by atoms with Gasteiger partial charge in [0, 0.05) is 5.92 Å². The average molecular weight is 154 g/mol. The van der Waals surface area contributed by atoms with E-state index >= 15 is 0 Å². The summed E-state index contributed by atoms with van der Waals surface area (Å²) in [6.07, 6.45) is 5.30. The Morgan fingerprint density at radius 1 is 1.73 bits per heavy atom. The van der Waals surface area contributed by atoms with Gasteiger partial charge in [0.25, 0.3) is 0 Å². The zero-order chi connectivity index (χ0) is 8.48. The van der Waals surface area contributed by atoms with E-state index in [-0.39, 0.29) is 11.7 Å². The number of rotatable bonds is 1. The van der Waals surface area contributed by atoms with E-state index in [1.807, 2.05) is 19.1 Å². The Morgan fingerprint density at radius 3 is 2.73 bits per heavy atom. The van der Waals surface area contributed by atoms with Crippen LogP contribution in [0.5, 0.6) is 0 Å². The van der Waals surface area contributed by atoms with Crippen molar-refractivity contribution in [3.63, 3.8) is 0 Å². The molecule has 0 saturated carbocycles. The molecule has 0 unspecified atom stereocenters. The number of aliphatic hydroxyl groups is 1. The summed E-state index contributed by atoms with van der Waals surface area (Å²) in [6.45, 7) is 3.33. The summed E-state index contributed by atoms with van der Waals surface area (Å²) in [4.78, 5) is 11.0. The number of ketones is 1. The van der Waals surface area contributed by atoms with Crippen LogP contribution in [0.2, 0.25) is 0 Å². The SMILES string of the molecule is CC(=O)[C@]1(O)CCC=C[C@@H]1C. The van der Waals surface area contributed by atoms with Gasteiger partial charge in [0.05, 0.1) is 0 Å². The van der Waals surface area contributed by atoms with Gasteiger partial charge in [-0.2, -0.15) is 0 Å². The second kappa shape index (κ2) is 2.78. The predicted octanol–water partition coefficient (Wildman–Crippen LogP) is 1.29. The summed E-state index contributed by atoms with van der Waals surface area (Å²) >= 11 is 0. The van der Waals surface area contributed by atoms with Gasteiger partial charge in [0.1, 0.15) is 5.60 Å². The molecule has 1 aliphatic rings. The second-order valence-electron chi connectivity index (χ2n) is 3.24. The molecular weight excluding hydrogens is 140 g/mol. The number of hydrogen-bond donors (Lipinski definition) is 1. The van der Waals surface area contributed by atoms with Crippen LogP contribution < -0.4 is 0 Å². The van der Waals surface area contributed by atoms with Crippen molar-refractivity contribution in [1.82, 2.24) is 0 Å². The summed E-state index contributed by atoms with van der Waals surface area (Å²) in [5, 5.41) is 9.82. The van der Waals surface area contributed by atoms with Gasteiger partial charge < -0.3 is 5.11 Å². The van der Waals surface area contributed by atoms with Gasteiger partial charge in [-0.1, -0.05) is 19.1 Å². The quantitative estimate of drug-likeness (QED) is 0.578. The lowest BCUT2D eigenvalue weighted by Crippen LogP contribution is -2.43. The molecule has 1 aliphatic carbocycles. The van der Waals surface area contributed by atoms with Crippen LogP contribution in [-0.4, -0.2) is 16.5 Å². The maximum atomic E-state index is 11.0. The minimum absolute atomic E-state index is 0.0336. The van der Waals surface area contributed by atoms with E-state index in [4.69, 9.17) is 0 Å². The van der Waals surface area contributed by atoms with Crippen molar-refractivity contribution in [2.45, 2.75) is 32.3 Å². The highest BCUT2D eigenvalue weighted by atomic mass is 16.3. The Morgan fingerprint density at radius 2 is 2.36 bits per heavy atom. The molecule has 0 saturated heterocycles. The second-order valence-corrected chi connectivity index (χ2v) is 3.24. The Hall–Kier alpha value is -0.630. The van der Waals surface area contributed by atoms with Crippen LogP contribution in [0.15, 0.2) is 12.2 Å². The fraction of sp³-hybridized carbons (Fsp3) is 0.667. The molecule has 0 fully saturated rings. The van der Waals surface area contributed by atoms with Gasteiger partial charge >= 0.3 is 0 Å². The lowest BCUT2D eigenvalue weighted by atomic mass is 9.78. The van der Waals surface area contributed by atoms with Crippen molar-refractivity contribution in [3.8, 4) is 0 Å². The third kappa shape index (κ3) is 1.36. The molecule has 0 heterocycles. The average Bonchev–Trinajstić information content (AvgIpc) is 1.95.